The second kappa shape index (κ2) is 5.14. The number of fused-ring (bicyclic) bond motifs is 1. The molecule has 4 nitrogen and oxygen atoms in total. The summed E-state index contributed by atoms with van der Waals surface area (Å²) in [5.74, 6) is -2.30. The van der Waals surface area contributed by atoms with Crippen molar-refractivity contribution in [1.29, 1.82) is 0 Å². The van der Waals surface area contributed by atoms with Gasteiger partial charge in [-0.1, -0.05) is 6.07 Å². The van der Waals surface area contributed by atoms with Crippen molar-refractivity contribution in [3.05, 3.63) is 34.5 Å². The Morgan fingerprint density at radius 3 is 2.60 bits per heavy atom. The van der Waals surface area contributed by atoms with Gasteiger partial charge in [-0.25, -0.2) is 17.6 Å². The molecule has 7 heteroatoms. The molecule has 2 rings (SSSR count). The number of rotatable bonds is 4. The van der Waals surface area contributed by atoms with Crippen molar-refractivity contribution in [2.75, 3.05) is 0 Å². The van der Waals surface area contributed by atoms with Gasteiger partial charge in [0.25, 0.3) is 0 Å². The molecule has 0 radical (unpaired) electrons. The highest BCUT2D eigenvalue weighted by atomic mass is 32.2. The molecule has 0 atom stereocenters. The van der Waals surface area contributed by atoms with Crippen LogP contribution in [0, 0.1) is 5.82 Å². The highest BCUT2D eigenvalue weighted by Gasteiger charge is 2.26. The van der Waals surface area contributed by atoms with E-state index in [0.29, 0.717) is 4.70 Å². The molecule has 2 aromatic rings. The Kier molecular flexibility index (Phi) is 3.84. The maximum absolute atomic E-state index is 13.9. The van der Waals surface area contributed by atoms with Crippen LogP contribution in [0.25, 0.3) is 10.1 Å². The van der Waals surface area contributed by atoms with E-state index in [1.54, 1.807) is 6.07 Å². The van der Waals surface area contributed by atoms with Crippen LogP contribution in [0.5, 0.6) is 0 Å². The van der Waals surface area contributed by atoms with Crippen LogP contribution < -0.4 is 0 Å². The molecule has 0 unspecified atom stereocenters. The summed E-state index contributed by atoms with van der Waals surface area (Å²) < 4.78 is 38.4. The van der Waals surface area contributed by atoms with Crippen LogP contribution in [0.4, 0.5) is 4.39 Å². The molecule has 20 heavy (non-hydrogen) atoms. The van der Waals surface area contributed by atoms with Gasteiger partial charge in [-0.05, 0) is 26.0 Å². The number of halogens is 1. The lowest BCUT2D eigenvalue weighted by atomic mass is 10.1. The van der Waals surface area contributed by atoms with E-state index in [1.165, 1.54) is 26.0 Å². The van der Waals surface area contributed by atoms with Crippen LogP contribution in [0.1, 0.15) is 29.1 Å². The molecule has 0 bridgehead atoms. The Morgan fingerprint density at radius 1 is 1.40 bits per heavy atom. The fraction of sp³-hybridized carbons (Fsp3) is 0.308. The smallest absolute Gasteiger partial charge is 0.346 e. The average molecular weight is 316 g/mol. The van der Waals surface area contributed by atoms with Gasteiger partial charge in [0.2, 0.25) is 0 Å². The molecular weight excluding hydrogens is 303 g/mol. The van der Waals surface area contributed by atoms with E-state index in [-0.39, 0.29) is 15.8 Å². The van der Waals surface area contributed by atoms with E-state index < -0.39 is 32.6 Å². The zero-order chi connectivity index (χ0) is 15.1. The molecule has 0 saturated carbocycles. The maximum Gasteiger partial charge on any atom is 0.346 e. The van der Waals surface area contributed by atoms with Crippen LogP contribution in [0.2, 0.25) is 0 Å². The average Bonchev–Trinajstić information content (AvgIpc) is 2.68. The molecule has 1 aromatic heterocycles. The minimum absolute atomic E-state index is 0.0456. The Labute approximate surface area is 119 Å². The molecule has 0 saturated heterocycles. The fourth-order valence-corrected chi connectivity index (χ4v) is 4.04. The normalized spacial score (nSPS) is 12.2. The Balaban J connectivity index is 2.73. The first kappa shape index (κ1) is 14.9. The molecule has 1 aromatic carbocycles. The Bertz CT molecular complexity index is 775. The lowest BCUT2D eigenvalue weighted by Crippen LogP contribution is -2.17. The van der Waals surface area contributed by atoms with Gasteiger partial charge >= 0.3 is 5.97 Å². The Morgan fingerprint density at radius 2 is 2.05 bits per heavy atom. The molecule has 0 spiro atoms. The number of carbonyl (C=O) groups is 1. The number of benzene rings is 1. The van der Waals surface area contributed by atoms with Crippen molar-refractivity contribution in [3.8, 4) is 0 Å². The van der Waals surface area contributed by atoms with E-state index in [0.717, 1.165) is 11.3 Å². The first-order valence-electron chi connectivity index (χ1n) is 5.88. The van der Waals surface area contributed by atoms with E-state index in [9.17, 15) is 22.7 Å². The van der Waals surface area contributed by atoms with Crippen LogP contribution in [-0.4, -0.2) is 24.7 Å². The van der Waals surface area contributed by atoms with Gasteiger partial charge in [-0.2, -0.15) is 0 Å². The Hall–Kier alpha value is -1.47. The molecule has 0 aliphatic rings. The summed E-state index contributed by atoms with van der Waals surface area (Å²) in [5.41, 5.74) is 0.0456. The summed E-state index contributed by atoms with van der Waals surface area (Å²) in [5, 5.41) is 8.64. The first-order valence-corrected chi connectivity index (χ1v) is 8.42. The van der Waals surface area contributed by atoms with Crippen molar-refractivity contribution in [2.24, 2.45) is 0 Å². The molecule has 0 fully saturated rings. The third-order valence-electron chi connectivity index (χ3n) is 3.02. The first-order chi connectivity index (χ1) is 9.24. The van der Waals surface area contributed by atoms with E-state index in [4.69, 9.17) is 0 Å². The number of carboxylic acid groups (broad SMARTS) is 1. The highest BCUT2D eigenvalue weighted by Crippen LogP contribution is 2.35. The summed E-state index contributed by atoms with van der Waals surface area (Å²) >= 11 is 0.895. The van der Waals surface area contributed by atoms with E-state index in [1.807, 2.05) is 0 Å². The molecular formula is C13H13FO4S2. The fourth-order valence-electron chi connectivity index (χ4n) is 1.85. The van der Waals surface area contributed by atoms with Crippen LogP contribution >= 0.6 is 11.3 Å². The third-order valence-corrected chi connectivity index (χ3v) is 6.33. The molecule has 1 N–H and O–H groups in total. The SMILES string of the molecule is CC(C)S(=O)(=O)Cc1c(C(=O)O)sc2cccc(F)c12. The summed E-state index contributed by atoms with van der Waals surface area (Å²) in [7, 11) is -3.51. The largest absolute Gasteiger partial charge is 0.477 e. The molecule has 0 amide bonds. The summed E-state index contributed by atoms with van der Waals surface area (Å²) in [6.45, 7) is 3.03. The monoisotopic (exact) mass is 316 g/mol. The van der Waals surface area contributed by atoms with Crippen molar-refractivity contribution in [1.82, 2.24) is 0 Å². The van der Waals surface area contributed by atoms with E-state index in [2.05, 4.69) is 0 Å². The number of hydrogen-bond acceptors (Lipinski definition) is 4. The van der Waals surface area contributed by atoms with Gasteiger partial charge in [0, 0.05) is 15.6 Å². The van der Waals surface area contributed by atoms with Gasteiger partial charge in [0.05, 0.1) is 11.0 Å². The van der Waals surface area contributed by atoms with Crippen LogP contribution in [-0.2, 0) is 15.6 Å². The van der Waals surface area contributed by atoms with Crippen LogP contribution in [0.3, 0.4) is 0 Å². The second-order valence-corrected chi connectivity index (χ2v) is 8.29. The summed E-state index contributed by atoms with van der Waals surface area (Å²) in [6.07, 6.45) is 0. The number of hydrogen-bond donors (Lipinski definition) is 1. The molecule has 1 heterocycles. The minimum atomic E-state index is -3.51. The van der Waals surface area contributed by atoms with Crippen LogP contribution in [0.15, 0.2) is 18.2 Å². The number of thiophene rings is 1. The maximum atomic E-state index is 13.9. The zero-order valence-corrected chi connectivity index (χ0v) is 12.5. The number of aromatic carboxylic acids is 1. The number of carboxylic acids is 1. The molecule has 0 aliphatic heterocycles. The predicted octanol–water partition coefficient (Wildman–Crippen LogP) is 3.06. The quantitative estimate of drug-likeness (QED) is 0.941. The summed E-state index contributed by atoms with van der Waals surface area (Å²) in [6, 6.07) is 4.26. The highest BCUT2D eigenvalue weighted by molar-refractivity contribution is 7.91. The summed E-state index contributed by atoms with van der Waals surface area (Å²) in [4.78, 5) is 11.1. The van der Waals surface area contributed by atoms with Crippen molar-refractivity contribution >= 4 is 37.2 Å². The standard InChI is InChI=1S/C13H13FO4S2/c1-7(2)20(17,18)6-8-11-9(14)4-3-5-10(11)19-12(8)13(15)16/h3-5,7H,6H2,1-2H3,(H,15,16). The van der Waals surface area contributed by atoms with Crippen molar-refractivity contribution < 1.29 is 22.7 Å². The van der Waals surface area contributed by atoms with Gasteiger partial charge in [-0.3, -0.25) is 0 Å². The lowest BCUT2D eigenvalue weighted by molar-refractivity contribution is 0.0701. The van der Waals surface area contributed by atoms with E-state index >= 15 is 0 Å². The zero-order valence-electron chi connectivity index (χ0n) is 10.9. The predicted molar refractivity (Wildman–Crippen MR) is 76.5 cm³/mol. The van der Waals surface area contributed by atoms with Gasteiger partial charge in [-0.15, -0.1) is 11.3 Å². The molecule has 0 aliphatic carbocycles. The van der Waals surface area contributed by atoms with Crippen molar-refractivity contribution in [3.63, 3.8) is 0 Å². The van der Waals surface area contributed by atoms with Crippen molar-refractivity contribution in [2.45, 2.75) is 24.9 Å². The van der Waals surface area contributed by atoms with Gasteiger partial charge < -0.3 is 5.11 Å². The topological polar surface area (TPSA) is 71.4 Å². The second-order valence-electron chi connectivity index (χ2n) is 4.68. The third kappa shape index (κ3) is 2.55. The minimum Gasteiger partial charge on any atom is -0.477 e. The van der Waals surface area contributed by atoms with Gasteiger partial charge in [0.15, 0.2) is 9.84 Å². The van der Waals surface area contributed by atoms with Gasteiger partial charge in [0.1, 0.15) is 10.7 Å². The molecule has 108 valence electrons. The lowest BCUT2D eigenvalue weighted by Gasteiger charge is -2.08. The number of sulfone groups is 1.